The van der Waals surface area contributed by atoms with E-state index in [9.17, 15) is 4.79 Å². The second-order valence-electron chi connectivity index (χ2n) is 4.41. The molecule has 0 bridgehead atoms. The molecule has 0 atom stereocenters. The van der Waals surface area contributed by atoms with Gasteiger partial charge in [-0.1, -0.05) is 23.2 Å². The van der Waals surface area contributed by atoms with E-state index in [1.807, 2.05) is 6.92 Å². The van der Waals surface area contributed by atoms with Crippen molar-refractivity contribution in [2.24, 2.45) is 4.99 Å². The molecule has 2 aromatic rings. The zero-order valence-electron chi connectivity index (χ0n) is 10.9. The van der Waals surface area contributed by atoms with Gasteiger partial charge < -0.3 is 9.15 Å². The van der Waals surface area contributed by atoms with Gasteiger partial charge in [-0.25, -0.2) is 9.79 Å². The molecule has 2 heterocycles. The molecule has 1 aliphatic rings. The lowest BCUT2D eigenvalue weighted by atomic mass is 10.2. The fourth-order valence-electron chi connectivity index (χ4n) is 1.85. The molecule has 106 valence electrons. The van der Waals surface area contributed by atoms with Gasteiger partial charge in [0.2, 0.25) is 5.90 Å². The summed E-state index contributed by atoms with van der Waals surface area (Å²) < 4.78 is 10.5. The predicted molar refractivity (Wildman–Crippen MR) is 80.5 cm³/mol. The number of furan rings is 1. The number of ether oxygens (including phenoxy) is 1. The Morgan fingerprint density at radius 3 is 2.71 bits per heavy atom. The van der Waals surface area contributed by atoms with Crippen molar-refractivity contribution in [3.8, 4) is 0 Å². The smallest absolute Gasteiger partial charge is 0.363 e. The number of rotatable bonds is 2. The van der Waals surface area contributed by atoms with Crippen LogP contribution in [0.15, 0.2) is 45.4 Å². The lowest BCUT2D eigenvalue weighted by Gasteiger charge is -2.02. The fourth-order valence-corrected chi connectivity index (χ4v) is 2.22. The molecule has 1 aromatic carbocycles. The standard InChI is InChI=1S/C15H9Cl2NO3/c1-8-2-4-10(20-8)7-13-15(19)21-14(18-13)11-6-9(16)3-5-12(11)17/h2-7H,1H3. The maximum atomic E-state index is 11.8. The van der Waals surface area contributed by atoms with E-state index in [4.69, 9.17) is 32.4 Å². The van der Waals surface area contributed by atoms with E-state index in [0.29, 0.717) is 21.4 Å². The zero-order valence-corrected chi connectivity index (χ0v) is 12.4. The Labute approximate surface area is 130 Å². The van der Waals surface area contributed by atoms with Gasteiger partial charge in [-0.2, -0.15) is 0 Å². The summed E-state index contributed by atoms with van der Waals surface area (Å²) in [6.07, 6.45) is 1.51. The van der Waals surface area contributed by atoms with E-state index < -0.39 is 5.97 Å². The van der Waals surface area contributed by atoms with Crippen LogP contribution < -0.4 is 0 Å². The largest absolute Gasteiger partial charge is 0.462 e. The Bertz CT molecular complexity index is 790. The van der Waals surface area contributed by atoms with Crippen LogP contribution in [0.5, 0.6) is 0 Å². The number of aliphatic imine (C=N–C) groups is 1. The Kier molecular flexibility index (Phi) is 3.57. The molecule has 1 aliphatic heterocycles. The summed E-state index contributed by atoms with van der Waals surface area (Å²) in [6.45, 7) is 1.81. The van der Waals surface area contributed by atoms with Crippen molar-refractivity contribution in [3.63, 3.8) is 0 Å². The van der Waals surface area contributed by atoms with E-state index in [2.05, 4.69) is 4.99 Å². The van der Waals surface area contributed by atoms with Crippen molar-refractivity contribution in [2.75, 3.05) is 0 Å². The molecular weight excluding hydrogens is 313 g/mol. The van der Waals surface area contributed by atoms with Crippen LogP contribution in [0, 0.1) is 6.92 Å². The van der Waals surface area contributed by atoms with E-state index in [1.165, 1.54) is 6.08 Å². The van der Waals surface area contributed by atoms with E-state index in [1.54, 1.807) is 30.3 Å². The molecule has 1 aromatic heterocycles. The van der Waals surface area contributed by atoms with Crippen LogP contribution >= 0.6 is 23.2 Å². The number of esters is 1. The van der Waals surface area contributed by atoms with E-state index in [-0.39, 0.29) is 11.6 Å². The number of carbonyl (C=O) groups is 1. The van der Waals surface area contributed by atoms with Crippen molar-refractivity contribution < 1.29 is 13.9 Å². The molecule has 21 heavy (non-hydrogen) atoms. The first-order chi connectivity index (χ1) is 10.0. The molecule has 3 rings (SSSR count). The SMILES string of the molecule is Cc1ccc(C=C2N=C(c3cc(Cl)ccc3Cl)OC2=O)o1. The third-order valence-corrected chi connectivity index (χ3v) is 3.38. The summed E-state index contributed by atoms with van der Waals surface area (Å²) in [5, 5.41) is 0.883. The Morgan fingerprint density at radius 2 is 2.00 bits per heavy atom. The van der Waals surface area contributed by atoms with Crippen LogP contribution in [-0.2, 0) is 9.53 Å². The molecule has 0 N–H and O–H groups in total. The first kappa shape index (κ1) is 13.9. The number of carbonyl (C=O) groups excluding carboxylic acids is 1. The molecule has 6 heteroatoms. The lowest BCUT2D eigenvalue weighted by molar-refractivity contribution is -0.129. The highest BCUT2D eigenvalue weighted by atomic mass is 35.5. The predicted octanol–water partition coefficient (Wildman–Crippen LogP) is 4.24. The average molecular weight is 322 g/mol. The number of nitrogens with zero attached hydrogens (tertiary/aromatic N) is 1. The molecule has 0 saturated heterocycles. The highest BCUT2D eigenvalue weighted by molar-refractivity contribution is 6.36. The summed E-state index contributed by atoms with van der Waals surface area (Å²) in [7, 11) is 0. The van der Waals surface area contributed by atoms with Crippen molar-refractivity contribution in [1.82, 2.24) is 0 Å². The number of halogens is 2. The number of aryl methyl sites for hydroxylation is 1. The van der Waals surface area contributed by atoms with Gasteiger partial charge in [0.25, 0.3) is 0 Å². The summed E-state index contributed by atoms with van der Waals surface area (Å²) in [6, 6.07) is 8.40. The highest BCUT2D eigenvalue weighted by Crippen LogP contribution is 2.26. The topological polar surface area (TPSA) is 51.8 Å². The summed E-state index contributed by atoms with van der Waals surface area (Å²) in [4.78, 5) is 16.0. The van der Waals surface area contributed by atoms with Crippen LogP contribution in [0.2, 0.25) is 10.0 Å². The maximum Gasteiger partial charge on any atom is 0.363 e. The zero-order chi connectivity index (χ0) is 15.0. The fraction of sp³-hybridized carbons (Fsp3) is 0.0667. The normalized spacial score (nSPS) is 16.2. The first-order valence-corrected chi connectivity index (χ1v) is 6.83. The molecule has 0 radical (unpaired) electrons. The van der Waals surface area contributed by atoms with E-state index >= 15 is 0 Å². The Balaban J connectivity index is 1.99. The molecule has 4 nitrogen and oxygen atoms in total. The van der Waals surface area contributed by atoms with Crippen LogP contribution in [0.3, 0.4) is 0 Å². The number of hydrogen-bond donors (Lipinski definition) is 0. The summed E-state index contributed by atoms with van der Waals surface area (Å²) in [5.74, 6) is 0.842. The lowest BCUT2D eigenvalue weighted by Crippen LogP contribution is -2.06. The van der Waals surface area contributed by atoms with Crippen molar-refractivity contribution in [1.29, 1.82) is 0 Å². The van der Waals surface area contributed by atoms with Crippen LogP contribution in [0.4, 0.5) is 0 Å². The van der Waals surface area contributed by atoms with Crippen molar-refractivity contribution >= 4 is 41.1 Å². The van der Waals surface area contributed by atoms with Gasteiger partial charge in [0.1, 0.15) is 11.5 Å². The number of hydrogen-bond acceptors (Lipinski definition) is 4. The van der Waals surface area contributed by atoms with Crippen LogP contribution in [0.25, 0.3) is 6.08 Å². The average Bonchev–Trinajstić information content (AvgIpc) is 3.00. The van der Waals surface area contributed by atoms with Gasteiger partial charge in [0, 0.05) is 11.1 Å². The molecule has 0 fully saturated rings. The Hall–Kier alpha value is -2.04. The minimum Gasteiger partial charge on any atom is -0.462 e. The first-order valence-electron chi connectivity index (χ1n) is 6.07. The second kappa shape index (κ2) is 5.39. The molecule has 0 spiro atoms. The van der Waals surface area contributed by atoms with Crippen molar-refractivity contribution in [2.45, 2.75) is 6.92 Å². The van der Waals surface area contributed by atoms with Crippen LogP contribution in [-0.4, -0.2) is 11.9 Å². The Morgan fingerprint density at radius 1 is 1.19 bits per heavy atom. The van der Waals surface area contributed by atoms with E-state index in [0.717, 1.165) is 5.76 Å². The van der Waals surface area contributed by atoms with Gasteiger partial charge in [-0.15, -0.1) is 0 Å². The van der Waals surface area contributed by atoms with Crippen molar-refractivity contribution in [3.05, 3.63) is 63.2 Å². The monoisotopic (exact) mass is 321 g/mol. The summed E-state index contributed by atoms with van der Waals surface area (Å²) >= 11 is 12.0. The third-order valence-electron chi connectivity index (χ3n) is 2.82. The molecule has 0 unspecified atom stereocenters. The quantitative estimate of drug-likeness (QED) is 0.614. The van der Waals surface area contributed by atoms with Gasteiger partial charge in [-0.3, -0.25) is 0 Å². The highest BCUT2D eigenvalue weighted by Gasteiger charge is 2.26. The van der Waals surface area contributed by atoms with Crippen LogP contribution in [0.1, 0.15) is 17.1 Å². The molecule has 0 amide bonds. The minimum absolute atomic E-state index is 0.127. The number of cyclic esters (lactones) is 1. The van der Waals surface area contributed by atoms with Gasteiger partial charge in [-0.05, 0) is 37.3 Å². The molecule has 0 saturated carbocycles. The molecule has 0 aliphatic carbocycles. The van der Waals surface area contributed by atoms with Gasteiger partial charge in [0.05, 0.1) is 10.6 Å². The maximum absolute atomic E-state index is 11.8. The van der Waals surface area contributed by atoms with Gasteiger partial charge >= 0.3 is 5.97 Å². The third kappa shape index (κ3) is 2.86. The second-order valence-corrected chi connectivity index (χ2v) is 5.25. The minimum atomic E-state index is -0.560. The number of benzene rings is 1. The molecular formula is C15H9Cl2NO3. The van der Waals surface area contributed by atoms with Gasteiger partial charge in [0.15, 0.2) is 5.70 Å². The summed E-state index contributed by atoms with van der Waals surface area (Å²) in [5.41, 5.74) is 0.618.